The maximum atomic E-state index is 4.47. The lowest BCUT2D eigenvalue weighted by Gasteiger charge is -2.17. The van der Waals surface area contributed by atoms with Crippen molar-refractivity contribution in [3.63, 3.8) is 0 Å². The largest absolute Gasteiger partial charge is 0.303 e. The minimum atomic E-state index is 1.09. The molecule has 0 saturated heterocycles. The first-order chi connectivity index (χ1) is 9.17. The minimum Gasteiger partial charge on any atom is -0.303 e. The van der Waals surface area contributed by atoms with Crippen LogP contribution in [0.2, 0.25) is 0 Å². The number of aromatic nitrogens is 2. The van der Waals surface area contributed by atoms with Crippen LogP contribution in [0.15, 0.2) is 11.4 Å². The average molecular weight is 295 g/mol. The Morgan fingerprint density at radius 1 is 1.21 bits per heavy atom. The molecule has 5 heteroatoms. The Labute approximate surface area is 123 Å². The summed E-state index contributed by atoms with van der Waals surface area (Å²) in [5.74, 6) is 1.09. The van der Waals surface area contributed by atoms with E-state index in [1.807, 2.05) is 11.8 Å². The second kappa shape index (κ2) is 6.68. The van der Waals surface area contributed by atoms with E-state index in [9.17, 15) is 0 Å². The van der Waals surface area contributed by atoms with Crippen LogP contribution in [0, 0.1) is 13.8 Å². The first kappa shape index (κ1) is 14.8. The summed E-state index contributed by atoms with van der Waals surface area (Å²) in [6.45, 7) is 12.1. The van der Waals surface area contributed by atoms with E-state index < -0.39 is 0 Å². The molecule has 2 aromatic rings. The van der Waals surface area contributed by atoms with Crippen LogP contribution >= 0.6 is 23.1 Å². The van der Waals surface area contributed by atoms with E-state index in [4.69, 9.17) is 0 Å². The standard InChI is InChI=1S/C14H21N3S2/c1-5-17(6-2)7-8-18-13-12-10(3)11(4)19-14(12)16-9-15-13/h9H,5-8H2,1-4H3. The lowest BCUT2D eigenvalue weighted by atomic mass is 10.2. The van der Waals surface area contributed by atoms with Crippen molar-refractivity contribution in [1.82, 2.24) is 14.9 Å². The summed E-state index contributed by atoms with van der Waals surface area (Å²) in [6.07, 6.45) is 1.69. The lowest BCUT2D eigenvalue weighted by molar-refractivity contribution is 0.324. The number of thioether (sulfide) groups is 1. The van der Waals surface area contributed by atoms with Crippen LogP contribution in [0.1, 0.15) is 24.3 Å². The van der Waals surface area contributed by atoms with E-state index in [0.717, 1.165) is 35.2 Å². The molecule has 0 bridgehead atoms. The fraction of sp³-hybridized carbons (Fsp3) is 0.571. The van der Waals surface area contributed by atoms with Crippen LogP contribution in [-0.4, -0.2) is 40.3 Å². The first-order valence-corrected chi connectivity index (χ1v) is 8.53. The minimum absolute atomic E-state index is 1.09. The summed E-state index contributed by atoms with van der Waals surface area (Å²) >= 11 is 3.62. The monoisotopic (exact) mass is 295 g/mol. The number of fused-ring (bicyclic) bond motifs is 1. The SMILES string of the molecule is CCN(CC)CCSc1ncnc2sc(C)c(C)c12. The molecule has 0 unspecified atom stereocenters. The Balaban J connectivity index is 2.12. The summed E-state index contributed by atoms with van der Waals surface area (Å²) < 4.78 is 0. The van der Waals surface area contributed by atoms with Crippen molar-refractivity contribution >= 4 is 33.3 Å². The molecule has 0 N–H and O–H groups in total. The molecule has 0 saturated carbocycles. The highest BCUT2D eigenvalue weighted by molar-refractivity contribution is 7.99. The van der Waals surface area contributed by atoms with Gasteiger partial charge in [-0.2, -0.15) is 0 Å². The van der Waals surface area contributed by atoms with Gasteiger partial charge in [-0.3, -0.25) is 0 Å². The van der Waals surface area contributed by atoms with E-state index in [1.165, 1.54) is 15.8 Å². The Morgan fingerprint density at radius 2 is 1.95 bits per heavy atom. The Kier molecular flexibility index (Phi) is 5.19. The highest BCUT2D eigenvalue weighted by Crippen LogP contribution is 2.34. The third kappa shape index (κ3) is 3.27. The van der Waals surface area contributed by atoms with E-state index >= 15 is 0 Å². The molecule has 0 radical (unpaired) electrons. The van der Waals surface area contributed by atoms with Crippen molar-refractivity contribution < 1.29 is 0 Å². The van der Waals surface area contributed by atoms with Gasteiger partial charge in [0.25, 0.3) is 0 Å². The first-order valence-electron chi connectivity index (χ1n) is 6.73. The molecule has 0 aliphatic rings. The third-order valence-electron chi connectivity index (χ3n) is 3.47. The van der Waals surface area contributed by atoms with Gasteiger partial charge in [0.15, 0.2) is 0 Å². The Morgan fingerprint density at radius 3 is 2.63 bits per heavy atom. The second-order valence-electron chi connectivity index (χ2n) is 4.52. The highest BCUT2D eigenvalue weighted by Gasteiger charge is 2.12. The fourth-order valence-corrected chi connectivity index (χ4v) is 4.19. The van der Waals surface area contributed by atoms with Crippen LogP contribution in [0.5, 0.6) is 0 Å². The van der Waals surface area contributed by atoms with E-state index in [2.05, 4.69) is 42.6 Å². The molecular formula is C14H21N3S2. The summed E-state index contributed by atoms with van der Waals surface area (Å²) in [5.41, 5.74) is 1.34. The second-order valence-corrected chi connectivity index (χ2v) is 6.80. The molecule has 104 valence electrons. The molecule has 2 heterocycles. The van der Waals surface area contributed by atoms with Crippen LogP contribution in [-0.2, 0) is 0 Å². The number of rotatable bonds is 6. The maximum absolute atomic E-state index is 4.47. The van der Waals surface area contributed by atoms with Crippen molar-refractivity contribution in [3.05, 3.63) is 16.8 Å². The van der Waals surface area contributed by atoms with Gasteiger partial charge in [0.05, 0.1) is 0 Å². The predicted octanol–water partition coefficient (Wildman–Crippen LogP) is 3.74. The summed E-state index contributed by atoms with van der Waals surface area (Å²) in [4.78, 5) is 13.8. The van der Waals surface area contributed by atoms with Gasteiger partial charge in [-0.15, -0.1) is 23.1 Å². The molecule has 0 spiro atoms. The molecule has 0 amide bonds. The lowest BCUT2D eigenvalue weighted by Crippen LogP contribution is -2.25. The number of aryl methyl sites for hydroxylation is 2. The smallest absolute Gasteiger partial charge is 0.128 e. The molecule has 3 nitrogen and oxygen atoms in total. The average Bonchev–Trinajstić information content (AvgIpc) is 2.71. The molecule has 0 aromatic carbocycles. The van der Waals surface area contributed by atoms with Crippen LogP contribution in [0.4, 0.5) is 0 Å². The summed E-state index contributed by atoms with van der Waals surface area (Å²) in [5, 5.41) is 2.40. The topological polar surface area (TPSA) is 29.0 Å². The number of thiophene rings is 1. The molecule has 0 aliphatic heterocycles. The van der Waals surface area contributed by atoms with Crippen molar-refractivity contribution in [1.29, 1.82) is 0 Å². The van der Waals surface area contributed by atoms with Gasteiger partial charge in [-0.05, 0) is 32.5 Å². The highest BCUT2D eigenvalue weighted by atomic mass is 32.2. The van der Waals surface area contributed by atoms with Crippen molar-refractivity contribution in [2.75, 3.05) is 25.4 Å². The van der Waals surface area contributed by atoms with Gasteiger partial charge in [0.1, 0.15) is 16.2 Å². The number of hydrogen-bond donors (Lipinski definition) is 0. The number of nitrogens with zero attached hydrogens (tertiary/aromatic N) is 3. The van der Waals surface area contributed by atoms with Gasteiger partial charge < -0.3 is 4.90 Å². The van der Waals surface area contributed by atoms with E-state index in [1.54, 1.807) is 17.7 Å². The van der Waals surface area contributed by atoms with Gasteiger partial charge in [0.2, 0.25) is 0 Å². The Bertz CT molecular complexity index is 547. The zero-order valence-corrected chi connectivity index (χ0v) is 13.7. The molecule has 2 aromatic heterocycles. The zero-order chi connectivity index (χ0) is 13.8. The Hall–Kier alpha value is -0.650. The van der Waals surface area contributed by atoms with Crippen LogP contribution in [0.3, 0.4) is 0 Å². The van der Waals surface area contributed by atoms with E-state index in [0.29, 0.717) is 0 Å². The number of hydrogen-bond acceptors (Lipinski definition) is 5. The molecule has 0 fully saturated rings. The van der Waals surface area contributed by atoms with Crippen molar-refractivity contribution in [3.8, 4) is 0 Å². The van der Waals surface area contributed by atoms with Gasteiger partial charge in [-0.25, -0.2) is 9.97 Å². The fourth-order valence-electron chi connectivity index (χ4n) is 2.07. The van der Waals surface area contributed by atoms with Crippen molar-refractivity contribution in [2.45, 2.75) is 32.7 Å². The molecule has 0 aliphatic carbocycles. The third-order valence-corrected chi connectivity index (χ3v) is 5.56. The summed E-state index contributed by atoms with van der Waals surface area (Å²) in [6, 6.07) is 0. The molecular weight excluding hydrogens is 274 g/mol. The quantitative estimate of drug-likeness (QED) is 0.599. The van der Waals surface area contributed by atoms with E-state index in [-0.39, 0.29) is 0 Å². The van der Waals surface area contributed by atoms with Gasteiger partial charge in [-0.1, -0.05) is 13.8 Å². The molecule has 19 heavy (non-hydrogen) atoms. The van der Waals surface area contributed by atoms with Crippen LogP contribution < -0.4 is 0 Å². The van der Waals surface area contributed by atoms with Gasteiger partial charge >= 0.3 is 0 Å². The van der Waals surface area contributed by atoms with Gasteiger partial charge in [0, 0.05) is 22.6 Å². The zero-order valence-electron chi connectivity index (χ0n) is 12.1. The van der Waals surface area contributed by atoms with Crippen LogP contribution in [0.25, 0.3) is 10.2 Å². The predicted molar refractivity (Wildman–Crippen MR) is 85.4 cm³/mol. The summed E-state index contributed by atoms with van der Waals surface area (Å²) in [7, 11) is 0. The molecule has 2 rings (SSSR count). The molecule has 0 atom stereocenters. The normalized spacial score (nSPS) is 11.6. The maximum Gasteiger partial charge on any atom is 0.128 e. The van der Waals surface area contributed by atoms with Crippen molar-refractivity contribution in [2.24, 2.45) is 0 Å².